The van der Waals surface area contributed by atoms with Gasteiger partial charge in [-0.05, 0) is 13.0 Å². The molecule has 0 fully saturated rings. The van der Waals surface area contributed by atoms with Crippen molar-refractivity contribution in [2.45, 2.75) is 6.92 Å². The highest BCUT2D eigenvalue weighted by Gasteiger charge is 2.02. The second-order valence-corrected chi connectivity index (χ2v) is 3.32. The molecule has 0 unspecified atom stereocenters. The van der Waals surface area contributed by atoms with E-state index in [-0.39, 0.29) is 0 Å². The molecule has 0 saturated carbocycles. The summed E-state index contributed by atoms with van der Waals surface area (Å²) < 4.78 is 4.95. The van der Waals surface area contributed by atoms with Gasteiger partial charge in [-0.1, -0.05) is 11.6 Å². The van der Waals surface area contributed by atoms with Crippen LogP contribution >= 0.6 is 22.9 Å². The second-order valence-electron chi connectivity index (χ2n) is 1.70. The molecule has 1 rings (SSSR count). The Hall–Kier alpha value is -0.210. The number of aryl methyl sites for hydroxylation is 1. The van der Waals surface area contributed by atoms with Crippen LogP contribution in [-0.2, 0) is 0 Å². The lowest BCUT2D eigenvalue weighted by Crippen LogP contribution is -1.75. The lowest BCUT2D eigenvalue weighted by Gasteiger charge is -1.90. The molecule has 0 N–H and O–H groups in total. The summed E-state index contributed by atoms with van der Waals surface area (Å²) in [6.45, 7) is 2.00. The van der Waals surface area contributed by atoms with Crippen molar-refractivity contribution in [1.82, 2.24) is 0 Å². The van der Waals surface area contributed by atoms with Crippen LogP contribution < -0.4 is 4.74 Å². The molecule has 0 saturated heterocycles. The zero-order chi connectivity index (χ0) is 6.85. The van der Waals surface area contributed by atoms with Gasteiger partial charge in [0, 0.05) is 4.88 Å². The molecular formula is C6H7ClOS. The first-order valence-electron chi connectivity index (χ1n) is 2.54. The summed E-state index contributed by atoms with van der Waals surface area (Å²) in [5.41, 5.74) is 0. The van der Waals surface area contributed by atoms with E-state index in [1.165, 1.54) is 4.88 Å². The first-order valence-corrected chi connectivity index (χ1v) is 3.73. The average Bonchev–Trinajstić information content (AvgIpc) is 2.10. The van der Waals surface area contributed by atoms with Gasteiger partial charge < -0.3 is 4.74 Å². The predicted molar refractivity (Wildman–Crippen MR) is 40.6 cm³/mol. The maximum Gasteiger partial charge on any atom is 0.192 e. The number of halogens is 1. The molecule has 0 aliphatic heterocycles. The van der Waals surface area contributed by atoms with Gasteiger partial charge in [-0.3, -0.25) is 0 Å². The standard InChI is InChI=1S/C6H7ClOS/c1-4-3-5(7)6(8-2)9-4/h3H,1-2H3. The van der Waals surface area contributed by atoms with Crippen LogP contribution in [0.25, 0.3) is 0 Å². The number of thiophene rings is 1. The Balaban J connectivity index is 3.01. The van der Waals surface area contributed by atoms with Crippen LogP contribution in [0.5, 0.6) is 5.06 Å². The van der Waals surface area contributed by atoms with Gasteiger partial charge in [0.05, 0.1) is 12.1 Å². The van der Waals surface area contributed by atoms with Crippen molar-refractivity contribution in [3.63, 3.8) is 0 Å². The zero-order valence-electron chi connectivity index (χ0n) is 5.27. The summed E-state index contributed by atoms with van der Waals surface area (Å²) in [5.74, 6) is 0. The second kappa shape index (κ2) is 2.58. The lowest BCUT2D eigenvalue weighted by molar-refractivity contribution is 0.427. The van der Waals surface area contributed by atoms with Gasteiger partial charge in [0.25, 0.3) is 0 Å². The Bertz CT molecular complexity index is 207. The molecule has 0 bridgehead atoms. The van der Waals surface area contributed by atoms with Gasteiger partial charge in [0.15, 0.2) is 5.06 Å². The van der Waals surface area contributed by atoms with Crippen LogP contribution in [0.3, 0.4) is 0 Å². The fraction of sp³-hybridized carbons (Fsp3) is 0.333. The molecule has 0 aliphatic carbocycles. The number of hydrogen-bond acceptors (Lipinski definition) is 2. The largest absolute Gasteiger partial charge is 0.486 e. The maximum absolute atomic E-state index is 5.73. The molecule has 0 aromatic carbocycles. The van der Waals surface area contributed by atoms with E-state index in [1.54, 1.807) is 18.4 Å². The van der Waals surface area contributed by atoms with Crippen molar-refractivity contribution < 1.29 is 4.74 Å². The molecule has 50 valence electrons. The fourth-order valence-corrected chi connectivity index (χ4v) is 1.73. The monoisotopic (exact) mass is 162 g/mol. The third-order valence-corrected chi connectivity index (χ3v) is 2.37. The van der Waals surface area contributed by atoms with Crippen molar-refractivity contribution in [2.75, 3.05) is 7.11 Å². The van der Waals surface area contributed by atoms with Gasteiger partial charge in [0.2, 0.25) is 0 Å². The van der Waals surface area contributed by atoms with Crippen molar-refractivity contribution in [2.24, 2.45) is 0 Å². The number of ether oxygens (including phenoxy) is 1. The molecule has 0 amide bonds. The molecule has 1 aromatic rings. The van der Waals surface area contributed by atoms with E-state index in [9.17, 15) is 0 Å². The Labute approximate surface area is 63.2 Å². The van der Waals surface area contributed by atoms with E-state index in [1.807, 2.05) is 13.0 Å². The van der Waals surface area contributed by atoms with Gasteiger partial charge in [-0.25, -0.2) is 0 Å². The molecule has 0 atom stereocenters. The van der Waals surface area contributed by atoms with Crippen molar-refractivity contribution in [1.29, 1.82) is 0 Å². The fourth-order valence-electron chi connectivity index (χ4n) is 0.601. The number of methoxy groups -OCH3 is 1. The summed E-state index contributed by atoms with van der Waals surface area (Å²) in [6, 6.07) is 1.89. The first kappa shape index (κ1) is 6.90. The normalized spacial score (nSPS) is 9.67. The summed E-state index contributed by atoms with van der Waals surface area (Å²) >= 11 is 7.29. The Morgan fingerprint density at radius 3 is 2.56 bits per heavy atom. The molecule has 0 aliphatic rings. The topological polar surface area (TPSA) is 9.23 Å². The molecule has 1 nitrogen and oxygen atoms in total. The van der Waals surface area contributed by atoms with Crippen LogP contribution in [0.2, 0.25) is 5.02 Å². The highest BCUT2D eigenvalue weighted by atomic mass is 35.5. The van der Waals surface area contributed by atoms with Gasteiger partial charge in [0.1, 0.15) is 0 Å². The van der Waals surface area contributed by atoms with Crippen molar-refractivity contribution in [3.05, 3.63) is 16.0 Å². The average molecular weight is 163 g/mol. The minimum absolute atomic E-state index is 0.708. The van der Waals surface area contributed by atoms with Crippen molar-refractivity contribution >= 4 is 22.9 Å². The molecule has 0 radical (unpaired) electrons. The molecule has 0 spiro atoms. The Morgan fingerprint density at radius 1 is 1.67 bits per heavy atom. The molecule has 1 heterocycles. The Kier molecular flexibility index (Phi) is 1.98. The smallest absolute Gasteiger partial charge is 0.192 e. The molecule has 1 aromatic heterocycles. The van der Waals surface area contributed by atoms with Crippen LogP contribution in [0.15, 0.2) is 6.07 Å². The van der Waals surface area contributed by atoms with Crippen LogP contribution in [-0.4, -0.2) is 7.11 Å². The lowest BCUT2D eigenvalue weighted by atomic mass is 10.5. The predicted octanol–water partition coefficient (Wildman–Crippen LogP) is 2.72. The number of hydrogen-bond donors (Lipinski definition) is 0. The SMILES string of the molecule is COc1sc(C)cc1Cl. The minimum Gasteiger partial charge on any atom is -0.486 e. The van der Waals surface area contributed by atoms with Crippen LogP contribution in [0.1, 0.15) is 4.88 Å². The van der Waals surface area contributed by atoms with Crippen molar-refractivity contribution in [3.8, 4) is 5.06 Å². The van der Waals surface area contributed by atoms with Crippen LogP contribution in [0, 0.1) is 6.92 Å². The summed E-state index contributed by atoms with van der Waals surface area (Å²) in [7, 11) is 1.62. The third-order valence-electron chi connectivity index (χ3n) is 0.964. The first-order chi connectivity index (χ1) is 4.24. The van der Waals surface area contributed by atoms with E-state index < -0.39 is 0 Å². The Morgan fingerprint density at radius 2 is 2.33 bits per heavy atom. The maximum atomic E-state index is 5.73. The quantitative estimate of drug-likeness (QED) is 0.617. The molecular weight excluding hydrogens is 156 g/mol. The minimum atomic E-state index is 0.708. The zero-order valence-corrected chi connectivity index (χ0v) is 6.84. The highest BCUT2D eigenvalue weighted by Crippen LogP contribution is 2.33. The third kappa shape index (κ3) is 1.37. The summed E-state index contributed by atoms with van der Waals surface area (Å²) in [4.78, 5) is 1.18. The van der Waals surface area contributed by atoms with E-state index in [0.717, 1.165) is 5.06 Å². The van der Waals surface area contributed by atoms with E-state index >= 15 is 0 Å². The van der Waals surface area contributed by atoms with E-state index in [2.05, 4.69) is 0 Å². The van der Waals surface area contributed by atoms with Gasteiger partial charge in [-0.15, -0.1) is 11.3 Å². The number of rotatable bonds is 1. The highest BCUT2D eigenvalue weighted by molar-refractivity contribution is 7.14. The van der Waals surface area contributed by atoms with Crippen LogP contribution in [0.4, 0.5) is 0 Å². The molecule has 9 heavy (non-hydrogen) atoms. The summed E-state index contributed by atoms with van der Waals surface area (Å²) in [6.07, 6.45) is 0. The summed E-state index contributed by atoms with van der Waals surface area (Å²) in [5, 5.41) is 1.51. The van der Waals surface area contributed by atoms with Gasteiger partial charge >= 0.3 is 0 Å². The van der Waals surface area contributed by atoms with Gasteiger partial charge in [-0.2, -0.15) is 0 Å². The molecule has 3 heteroatoms. The van der Waals surface area contributed by atoms with E-state index in [4.69, 9.17) is 16.3 Å². The van der Waals surface area contributed by atoms with E-state index in [0.29, 0.717) is 5.02 Å².